The number of fused-ring (bicyclic) bond motifs is 5. The summed E-state index contributed by atoms with van der Waals surface area (Å²) < 4.78 is 0. The molecule has 0 fully saturated rings. The summed E-state index contributed by atoms with van der Waals surface area (Å²) in [6.07, 6.45) is 1.81. The molecule has 0 spiro atoms. The van der Waals surface area contributed by atoms with Gasteiger partial charge in [0.2, 0.25) is 0 Å². The van der Waals surface area contributed by atoms with Crippen molar-refractivity contribution in [2.45, 2.75) is 0 Å². The van der Waals surface area contributed by atoms with E-state index in [0.717, 1.165) is 66.5 Å². The van der Waals surface area contributed by atoms with E-state index in [1.165, 1.54) is 0 Å². The minimum Gasteiger partial charge on any atom is -0.434 e. The number of aromatic nitrogens is 7. The van der Waals surface area contributed by atoms with Gasteiger partial charge in [0.15, 0.2) is 0 Å². The van der Waals surface area contributed by atoms with E-state index < -0.39 is 0 Å². The smallest absolute Gasteiger partial charge is 0.434 e. The molecule has 0 bridgehead atoms. The number of hydrogen-bond donors (Lipinski definition) is 0. The maximum Gasteiger partial charge on any atom is 3.00 e. The molecule has 0 atom stereocenters. The number of nitrogens with zero attached hydrogens (tertiary/aromatic N) is 7. The Bertz CT molecular complexity index is 2260. The van der Waals surface area contributed by atoms with E-state index in [0.29, 0.717) is 11.6 Å². The van der Waals surface area contributed by atoms with E-state index >= 15 is 0 Å². The molecule has 45 heavy (non-hydrogen) atoms. The summed E-state index contributed by atoms with van der Waals surface area (Å²) in [4.78, 5) is 32.1. The first-order chi connectivity index (χ1) is 21.8. The van der Waals surface area contributed by atoms with Crippen molar-refractivity contribution in [2.24, 2.45) is 0 Å². The first-order valence-corrected chi connectivity index (χ1v) is 14.2. The molecule has 0 N–H and O–H groups in total. The van der Waals surface area contributed by atoms with Gasteiger partial charge in [0.05, 0.1) is 22.4 Å². The third-order valence-corrected chi connectivity index (χ3v) is 7.29. The van der Waals surface area contributed by atoms with Crippen molar-refractivity contribution in [1.29, 1.82) is 0 Å². The van der Waals surface area contributed by atoms with Gasteiger partial charge in [-0.25, -0.2) is 4.98 Å². The Morgan fingerprint density at radius 3 is 1.73 bits per heavy atom. The molecule has 9 aromatic rings. The predicted molar refractivity (Wildman–Crippen MR) is 174 cm³/mol. The Hall–Kier alpha value is -5.56. The topological polar surface area (TPSA) is 92.7 Å². The molecule has 5 heterocycles. The Labute approximate surface area is 271 Å². The quantitative estimate of drug-likeness (QED) is 0.135. The van der Waals surface area contributed by atoms with Crippen molar-refractivity contribution >= 4 is 43.9 Å². The van der Waals surface area contributed by atoms with Gasteiger partial charge in [0.25, 0.3) is 0 Å². The summed E-state index contributed by atoms with van der Waals surface area (Å²) in [6.45, 7) is 0. The van der Waals surface area contributed by atoms with Gasteiger partial charge in [-0.1, -0.05) is 84.9 Å². The van der Waals surface area contributed by atoms with Gasteiger partial charge >= 0.3 is 20.1 Å². The molecule has 0 saturated carbocycles. The Kier molecular flexibility index (Phi) is 7.66. The van der Waals surface area contributed by atoms with Crippen LogP contribution in [-0.4, -0.2) is 24.9 Å². The summed E-state index contributed by atoms with van der Waals surface area (Å²) >= 11 is 0. The van der Waals surface area contributed by atoms with Crippen molar-refractivity contribution in [2.75, 3.05) is 0 Å². The van der Waals surface area contributed by atoms with Gasteiger partial charge in [-0.2, -0.15) is 0 Å². The van der Waals surface area contributed by atoms with Crippen molar-refractivity contribution in [3.05, 3.63) is 140 Å². The van der Waals surface area contributed by atoms with Crippen LogP contribution >= 0.6 is 0 Å². The molecule has 8 heteroatoms. The van der Waals surface area contributed by atoms with E-state index in [2.05, 4.69) is 60.2 Å². The Morgan fingerprint density at radius 1 is 0.467 bits per heavy atom. The monoisotopic (exact) mass is 757 g/mol. The molecule has 9 rings (SSSR count). The Balaban J connectivity index is 0.000000144. The normalized spacial score (nSPS) is 10.9. The zero-order chi connectivity index (χ0) is 29.3. The van der Waals surface area contributed by atoms with Crippen LogP contribution < -0.4 is 9.97 Å². The molecular formula is C37H22IrN7. The van der Waals surface area contributed by atoms with Gasteiger partial charge in [0, 0.05) is 17.0 Å². The van der Waals surface area contributed by atoms with Crippen LogP contribution in [0.4, 0.5) is 0 Å². The van der Waals surface area contributed by atoms with Gasteiger partial charge in [-0.05, 0) is 57.6 Å². The second-order valence-electron chi connectivity index (χ2n) is 10.2. The molecule has 0 unspecified atom stereocenters. The fraction of sp³-hybridized carbons (Fsp3) is 0. The summed E-state index contributed by atoms with van der Waals surface area (Å²) in [5.74, 6) is 1.24. The number of imidazole rings is 2. The van der Waals surface area contributed by atoms with Crippen LogP contribution in [0.5, 0.6) is 0 Å². The number of benzene rings is 4. The van der Waals surface area contributed by atoms with Crippen molar-refractivity contribution in [1.82, 2.24) is 34.9 Å². The van der Waals surface area contributed by atoms with Gasteiger partial charge in [0.1, 0.15) is 0 Å². The Morgan fingerprint density at radius 2 is 1.09 bits per heavy atom. The average Bonchev–Trinajstić information content (AvgIpc) is 3.74. The standard InChI is InChI=1S/C19H11N5.C18H11N2.Ir/c1-2-7-13-12(6-1)21-18(22-13)16-10-5-11-17(20-16)19-23-14-8-3-4-9-15(14)24-19;1-2-5-13(6-3-1)16-11-10-15-9-8-14-7-4-12-19-17(14)18(15)20-16;/h1-11H;1-5,7-12H;/q-2;-1;+3. The molecule has 0 aliphatic carbocycles. The van der Waals surface area contributed by atoms with Crippen molar-refractivity contribution in [3.8, 4) is 34.3 Å². The molecule has 4 aromatic carbocycles. The number of para-hydroxylation sites is 4. The number of pyridine rings is 3. The maximum atomic E-state index is 4.78. The summed E-state index contributed by atoms with van der Waals surface area (Å²) in [6, 6.07) is 44.7. The molecule has 0 aliphatic rings. The molecule has 0 saturated heterocycles. The largest absolute Gasteiger partial charge is 3.00 e. The predicted octanol–water partition coefficient (Wildman–Crippen LogP) is 7.67. The van der Waals surface area contributed by atoms with E-state index in [1.54, 1.807) is 0 Å². The summed E-state index contributed by atoms with van der Waals surface area (Å²) in [5.41, 5.74) is 8.74. The maximum absolute atomic E-state index is 4.78. The third-order valence-electron chi connectivity index (χ3n) is 7.29. The van der Waals surface area contributed by atoms with Crippen LogP contribution in [0.3, 0.4) is 0 Å². The zero-order valence-corrected chi connectivity index (χ0v) is 26.1. The van der Waals surface area contributed by atoms with Gasteiger partial charge in [-0.3, -0.25) is 9.97 Å². The van der Waals surface area contributed by atoms with Crippen LogP contribution in [0.25, 0.3) is 78.2 Å². The van der Waals surface area contributed by atoms with Crippen molar-refractivity contribution in [3.63, 3.8) is 0 Å². The van der Waals surface area contributed by atoms with Crippen LogP contribution in [0.1, 0.15) is 0 Å². The van der Waals surface area contributed by atoms with E-state index in [4.69, 9.17) is 4.98 Å². The van der Waals surface area contributed by atoms with Crippen molar-refractivity contribution < 1.29 is 20.1 Å². The minimum atomic E-state index is 0. The third kappa shape index (κ3) is 5.60. The fourth-order valence-electron chi connectivity index (χ4n) is 5.15. The molecule has 5 aromatic heterocycles. The summed E-state index contributed by atoms with van der Waals surface area (Å²) in [5, 5.41) is 2.22. The molecule has 0 radical (unpaired) electrons. The van der Waals surface area contributed by atoms with Gasteiger partial charge in [-0.15, -0.1) is 35.9 Å². The van der Waals surface area contributed by atoms with Crippen LogP contribution in [0, 0.1) is 6.07 Å². The molecule has 214 valence electrons. The second-order valence-corrected chi connectivity index (χ2v) is 10.2. The van der Waals surface area contributed by atoms with Gasteiger partial charge < -0.3 is 19.9 Å². The van der Waals surface area contributed by atoms with Crippen LogP contribution in [0.15, 0.2) is 134 Å². The first-order valence-electron chi connectivity index (χ1n) is 14.2. The average molecular weight is 757 g/mol. The molecule has 0 aliphatic heterocycles. The minimum absolute atomic E-state index is 0. The second kappa shape index (κ2) is 12.2. The zero-order valence-electron chi connectivity index (χ0n) is 23.7. The van der Waals surface area contributed by atoms with E-state index in [9.17, 15) is 0 Å². The number of hydrogen-bond acceptors (Lipinski definition) is 5. The molecular weight excluding hydrogens is 735 g/mol. The van der Waals surface area contributed by atoms with Crippen LogP contribution in [-0.2, 0) is 20.1 Å². The van der Waals surface area contributed by atoms with Crippen LogP contribution in [0.2, 0.25) is 0 Å². The fourth-order valence-corrected chi connectivity index (χ4v) is 5.15. The molecule has 0 amide bonds. The van der Waals surface area contributed by atoms with E-state index in [1.807, 2.05) is 109 Å². The van der Waals surface area contributed by atoms with E-state index in [-0.39, 0.29) is 20.1 Å². The molecule has 7 nitrogen and oxygen atoms in total. The number of rotatable bonds is 3. The summed E-state index contributed by atoms with van der Waals surface area (Å²) in [7, 11) is 0. The SMILES string of the molecule is [Ir+3].[c-]1ccccc1-c1ccc2ccc3cccnc3c2n1.c1cc(-c2nc3ccccc3[n-]2)nc(-c2nc3ccccc3[n-]2)c1. The first kappa shape index (κ1) is 28.2.